The van der Waals surface area contributed by atoms with Crippen molar-refractivity contribution in [2.45, 2.75) is 23.8 Å². The topological polar surface area (TPSA) is 77.3 Å². The Labute approximate surface area is 119 Å². The van der Waals surface area contributed by atoms with Crippen LogP contribution in [-0.2, 0) is 10.0 Å². The van der Waals surface area contributed by atoms with Crippen LogP contribution in [0, 0.1) is 11.3 Å². The third kappa shape index (κ3) is 2.98. The molecule has 20 heavy (non-hydrogen) atoms. The summed E-state index contributed by atoms with van der Waals surface area (Å²) in [6.07, 6.45) is 3.11. The van der Waals surface area contributed by atoms with Crippen molar-refractivity contribution in [2.24, 2.45) is 0 Å². The molecule has 1 aliphatic heterocycles. The first-order valence-electron chi connectivity index (χ1n) is 6.48. The smallest absolute Gasteiger partial charge is 0.244 e. The number of sulfonamides is 1. The van der Waals surface area contributed by atoms with Crippen LogP contribution >= 0.6 is 0 Å². The van der Waals surface area contributed by atoms with Gasteiger partial charge in [-0.25, -0.2) is 13.4 Å². The second-order valence-corrected chi connectivity index (χ2v) is 7.05. The van der Waals surface area contributed by atoms with E-state index < -0.39 is 10.0 Å². The highest BCUT2D eigenvalue weighted by Crippen LogP contribution is 2.21. The van der Waals surface area contributed by atoms with Crippen LogP contribution in [0.15, 0.2) is 23.2 Å². The summed E-state index contributed by atoms with van der Waals surface area (Å²) in [5.41, 5.74) is 0.216. The number of likely N-dealkylation sites (N-methyl/N-ethyl adjacent to an activating group) is 1. The van der Waals surface area contributed by atoms with Crippen LogP contribution in [0.4, 0.5) is 0 Å². The highest BCUT2D eigenvalue weighted by molar-refractivity contribution is 7.89. The number of piperidine rings is 1. The van der Waals surface area contributed by atoms with E-state index in [0.29, 0.717) is 13.1 Å². The molecule has 0 amide bonds. The molecule has 7 heteroatoms. The lowest BCUT2D eigenvalue weighted by molar-refractivity contribution is 0.190. The molecule has 108 valence electrons. The minimum atomic E-state index is -3.52. The molecule has 2 heterocycles. The molecule has 0 saturated carbocycles. The van der Waals surface area contributed by atoms with E-state index in [1.54, 1.807) is 0 Å². The van der Waals surface area contributed by atoms with Crippen LogP contribution in [0.1, 0.15) is 18.5 Å². The molecular formula is C13H18N4O2S. The maximum atomic E-state index is 12.5. The van der Waals surface area contributed by atoms with Gasteiger partial charge >= 0.3 is 0 Å². The molecule has 6 nitrogen and oxygen atoms in total. The van der Waals surface area contributed by atoms with Crippen molar-refractivity contribution >= 4 is 10.0 Å². The molecule has 1 aromatic rings. The summed E-state index contributed by atoms with van der Waals surface area (Å²) in [5, 5.41) is 8.70. The molecule has 2 rings (SSSR count). The summed E-state index contributed by atoms with van der Waals surface area (Å²) in [6, 6.07) is 5.00. The Hall–Kier alpha value is -1.49. The van der Waals surface area contributed by atoms with Crippen molar-refractivity contribution in [1.82, 2.24) is 14.2 Å². The normalized spacial score (nSPS) is 20.8. The molecule has 1 atom stereocenters. The van der Waals surface area contributed by atoms with Gasteiger partial charge in [-0.15, -0.1) is 0 Å². The Morgan fingerprint density at radius 3 is 2.75 bits per heavy atom. The number of nitriles is 1. The number of nitrogens with zero attached hydrogens (tertiary/aromatic N) is 4. The largest absolute Gasteiger partial charge is 0.305 e. The zero-order valence-electron chi connectivity index (χ0n) is 11.7. The van der Waals surface area contributed by atoms with E-state index in [1.165, 1.54) is 22.6 Å². The molecule has 1 aliphatic rings. The third-order valence-electron chi connectivity index (χ3n) is 3.58. The van der Waals surface area contributed by atoms with Gasteiger partial charge in [0.2, 0.25) is 10.0 Å². The minimum Gasteiger partial charge on any atom is -0.305 e. The predicted molar refractivity (Wildman–Crippen MR) is 74.4 cm³/mol. The second kappa shape index (κ2) is 5.87. The van der Waals surface area contributed by atoms with E-state index in [1.807, 2.05) is 20.2 Å². The van der Waals surface area contributed by atoms with E-state index in [0.717, 1.165) is 12.8 Å². The Morgan fingerprint density at radius 1 is 1.45 bits per heavy atom. The van der Waals surface area contributed by atoms with Crippen molar-refractivity contribution in [3.05, 3.63) is 24.0 Å². The second-order valence-electron chi connectivity index (χ2n) is 5.11. The van der Waals surface area contributed by atoms with Gasteiger partial charge in [0.05, 0.1) is 0 Å². The van der Waals surface area contributed by atoms with Gasteiger partial charge in [-0.2, -0.15) is 9.57 Å². The summed E-state index contributed by atoms with van der Waals surface area (Å²) in [5.74, 6) is 0. The molecule has 1 fully saturated rings. The van der Waals surface area contributed by atoms with Gasteiger partial charge in [0.1, 0.15) is 16.7 Å². The number of hydrogen-bond donors (Lipinski definition) is 0. The first kappa shape index (κ1) is 14.9. The maximum absolute atomic E-state index is 12.5. The molecular weight excluding hydrogens is 276 g/mol. The minimum absolute atomic E-state index is 0.149. The zero-order chi connectivity index (χ0) is 14.8. The summed E-state index contributed by atoms with van der Waals surface area (Å²) in [4.78, 5) is 6.04. The molecule has 0 aliphatic carbocycles. The summed E-state index contributed by atoms with van der Waals surface area (Å²) < 4.78 is 26.6. The molecule has 0 radical (unpaired) electrons. The predicted octanol–water partition coefficient (Wildman–Crippen LogP) is 0.668. The SMILES string of the molecule is CN(C)C1CCCN(S(=O)(=O)c2ccc(C#N)nc2)C1. The van der Waals surface area contributed by atoms with Crippen molar-refractivity contribution in [3.8, 4) is 6.07 Å². The van der Waals surface area contributed by atoms with E-state index in [4.69, 9.17) is 5.26 Å². The highest BCUT2D eigenvalue weighted by Gasteiger charge is 2.31. The van der Waals surface area contributed by atoms with Crippen molar-refractivity contribution in [3.63, 3.8) is 0 Å². The van der Waals surface area contributed by atoms with Gasteiger partial charge in [-0.05, 0) is 39.1 Å². The van der Waals surface area contributed by atoms with Gasteiger partial charge in [0.15, 0.2) is 0 Å². The van der Waals surface area contributed by atoms with Crippen LogP contribution in [0.2, 0.25) is 0 Å². The van der Waals surface area contributed by atoms with Gasteiger partial charge in [0, 0.05) is 25.3 Å². The molecule has 0 N–H and O–H groups in total. The highest BCUT2D eigenvalue weighted by atomic mass is 32.2. The van der Waals surface area contributed by atoms with Crippen LogP contribution in [-0.4, -0.2) is 55.8 Å². The third-order valence-corrected chi connectivity index (χ3v) is 5.43. The van der Waals surface area contributed by atoms with Crippen LogP contribution in [0.5, 0.6) is 0 Å². The average molecular weight is 294 g/mol. The zero-order valence-corrected chi connectivity index (χ0v) is 12.5. The van der Waals surface area contributed by atoms with E-state index in [-0.39, 0.29) is 16.6 Å². The molecule has 0 bridgehead atoms. The molecule has 1 unspecified atom stereocenters. The maximum Gasteiger partial charge on any atom is 0.244 e. The van der Waals surface area contributed by atoms with Gasteiger partial charge in [-0.3, -0.25) is 0 Å². The van der Waals surface area contributed by atoms with Crippen LogP contribution in [0.3, 0.4) is 0 Å². The number of rotatable bonds is 3. The summed E-state index contributed by atoms with van der Waals surface area (Å²) in [7, 11) is 0.406. The van der Waals surface area contributed by atoms with Crippen LogP contribution in [0.25, 0.3) is 0 Å². The van der Waals surface area contributed by atoms with Crippen LogP contribution < -0.4 is 0 Å². The fraction of sp³-hybridized carbons (Fsp3) is 0.538. The lowest BCUT2D eigenvalue weighted by atomic mass is 10.1. The molecule has 1 aromatic heterocycles. The van der Waals surface area contributed by atoms with E-state index in [9.17, 15) is 8.42 Å². The number of pyridine rings is 1. The van der Waals surface area contributed by atoms with Gasteiger partial charge in [0.25, 0.3) is 0 Å². The lowest BCUT2D eigenvalue weighted by Crippen LogP contribution is -2.47. The van der Waals surface area contributed by atoms with E-state index >= 15 is 0 Å². The summed E-state index contributed by atoms with van der Waals surface area (Å²) in [6.45, 7) is 1.03. The first-order chi connectivity index (χ1) is 9.45. The quantitative estimate of drug-likeness (QED) is 0.819. The summed E-state index contributed by atoms with van der Waals surface area (Å²) >= 11 is 0. The molecule has 1 saturated heterocycles. The van der Waals surface area contributed by atoms with Crippen molar-refractivity contribution in [1.29, 1.82) is 5.26 Å². The lowest BCUT2D eigenvalue weighted by Gasteiger charge is -2.35. The Bertz CT molecular complexity index is 604. The first-order valence-corrected chi connectivity index (χ1v) is 7.92. The van der Waals surface area contributed by atoms with Gasteiger partial charge in [-0.1, -0.05) is 0 Å². The molecule has 0 spiro atoms. The monoisotopic (exact) mass is 294 g/mol. The van der Waals surface area contributed by atoms with E-state index in [2.05, 4.69) is 9.88 Å². The Balaban J connectivity index is 2.23. The Kier molecular flexibility index (Phi) is 4.38. The fourth-order valence-corrected chi connectivity index (χ4v) is 3.77. The van der Waals surface area contributed by atoms with Crippen molar-refractivity contribution < 1.29 is 8.42 Å². The standard InChI is InChI=1S/C13H18N4O2S/c1-16(2)12-4-3-7-17(10-12)20(18,19)13-6-5-11(8-14)15-9-13/h5-6,9,12H,3-4,7,10H2,1-2H3. The van der Waals surface area contributed by atoms with Gasteiger partial charge < -0.3 is 4.90 Å². The Morgan fingerprint density at radius 2 is 2.20 bits per heavy atom. The molecule has 0 aromatic carbocycles. The number of hydrogen-bond acceptors (Lipinski definition) is 5. The number of aromatic nitrogens is 1. The average Bonchev–Trinajstić information content (AvgIpc) is 2.47. The fourth-order valence-electron chi connectivity index (χ4n) is 2.31. The van der Waals surface area contributed by atoms with Crippen molar-refractivity contribution in [2.75, 3.05) is 27.2 Å².